The summed E-state index contributed by atoms with van der Waals surface area (Å²) in [7, 11) is 1.50. The number of carbonyl (C=O) groups is 2. The molecular formula is C15H18N2O5S2. The zero-order valence-corrected chi connectivity index (χ0v) is 14.6. The Bertz CT molecular complexity index is 661. The van der Waals surface area contributed by atoms with Crippen molar-refractivity contribution < 1.29 is 24.5 Å². The normalized spacial score (nSPS) is 25.9. The van der Waals surface area contributed by atoms with Crippen molar-refractivity contribution in [2.24, 2.45) is 0 Å². The molecule has 0 aromatic carbocycles. The minimum atomic E-state index is -1.09. The Morgan fingerprint density at radius 2 is 2.29 bits per heavy atom. The molecule has 130 valence electrons. The van der Waals surface area contributed by atoms with E-state index in [-0.39, 0.29) is 30.0 Å². The molecule has 1 aromatic heterocycles. The van der Waals surface area contributed by atoms with Crippen LogP contribution in [0.2, 0.25) is 0 Å². The maximum atomic E-state index is 12.1. The number of aliphatic hydroxyl groups excluding tert-OH is 1. The zero-order valence-electron chi connectivity index (χ0n) is 13.0. The molecule has 1 amide bonds. The molecule has 0 bridgehead atoms. The van der Waals surface area contributed by atoms with Gasteiger partial charge < -0.3 is 25.2 Å². The first-order valence-corrected chi connectivity index (χ1v) is 9.29. The number of nitrogens with one attached hydrogen (secondary N) is 1. The van der Waals surface area contributed by atoms with Crippen LogP contribution in [0.15, 0.2) is 28.8 Å². The van der Waals surface area contributed by atoms with Gasteiger partial charge >= 0.3 is 5.97 Å². The van der Waals surface area contributed by atoms with Gasteiger partial charge in [0.15, 0.2) is 6.23 Å². The number of carbonyl (C=O) groups excluding carboxylic acids is 1. The molecule has 3 heterocycles. The number of aliphatic carboxylic acids is 1. The van der Waals surface area contributed by atoms with Gasteiger partial charge in [-0.25, -0.2) is 4.79 Å². The average Bonchev–Trinajstić information content (AvgIpc) is 3.05. The molecule has 0 aliphatic carbocycles. The molecule has 1 saturated heterocycles. The number of fused-ring (bicyclic) bond motifs is 1. The van der Waals surface area contributed by atoms with Gasteiger partial charge in [-0.3, -0.25) is 4.79 Å². The Labute approximate surface area is 147 Å². The van der Waals surface area contributed by atoms with Crippen LogP contribution in [0.25, 0.3) is 0 Å². The number of hydrogen-bond donors (Lipinski definition) is 3. The lowest BCUT2D eigenvalue weighted by molar-refractivity contribution is -0.147. The van der Waals surface area contributed by atoms with Crippen molar-refractivity contribution in [1.82, 2.24) is 10.2 Å². The molecule has 0 radical (unpaired) electrons. The summed E-state index contributed by atoms with van der Waals surface area (Å²) < 4.78 is 5.04. The monoisotopic (exact) mass is 370 g/mol. The summed E-state index contributed by atoms with van der Waals surface area (Å²) in [5.74, 6) is -0.763. The average molecular weight is 370 g/mol. The summed E-state index contributed by atoms with van der Waals surface area (Å²) in [4.78, 5) is 26.1. The summed E-state index contributed by atoms with van der Waals surface area (Å²) in [5, 5.41) is 24.2. The fourth-order valence-electron chi connectivity index (χ4n) is 2.92. The Kier molecular flexibility index (Phi) is 5.14. The van der Waals surface area contributed by atoms with Crippen LogP contribution in [0.3, 0.4) is 0 Å². The van der Waals surface area contributed by atoms with Crippen LogP contribution in [0.1, 0.15) is 4.88 Å². The van der Waals surface area contributed by atoms with Gasteiger partial charge in [0.2, 0.25) is 5.91 Å². The smallest absolute Gasteiger partial charge is 0.352 e. The van der Waals surface area contributed by atoms with Gasteiger partial charge in [0.1, 0.15) is 17.1 Å². The second-order valence-corrected chi connectivity index (χ2v) is 7.70. The lowest BCUT2D eigenvalue weighted by Gasteiger charge is -2.55. The SMILES string of the molecule is COCC1=C(C(=O)O)N2C(O)C(NC(=O)Cc3cccs3)C2SC1. The van der Waals surface area contributed by atoms with Crippen LogP contribution < -0.4 is 5.32 Å². The highest BCUT2D eigenvalue weighted by Gasteiger charge is 2.53. The van der Waals surface area contributed by atoms with Crippen molar-refractivity contribution in [3.05, 3.63) is 33.7 Å². The highest BCUT2D eigenvalue weighted by molar-refractivity contribution is 8.00. The summed E-state index contributed by atoms with van der Waals surface area (Å²) in [6, 6.07) is 3.28. The molecule has 3 unspecified atom stereocenters. The van der Waals surface area contributed by atoms with Gasteiger partial charge in [-0.05, 0) is 17.0 Å². The number of ether oxygens (including phenoxy) is 1. The predicted octanol–water partition coefficient (Wildman–Crippen LogP) is 0.467. The van der Waals surface area contributed by atoms with Crippen LogP contribution in [-0.2, 0) is 20.7 Å². The Morgan fingerprint density at radius 1 is 1.50 bits per heavy atom. The molecule has 3 atom stereocenters. The second kappa shape index (κ2) is 7.14. The fourth-order valence-corrected chi connectivity index (χ4v) is 5.02. The molecule has 9 heteroatoms. The standard InChI is InChI=1S/C15H18N2O5S2/c1-22-6-8-7-24-14-11(13(19)17(14)12(8)15(20)21)16-10(18)5-9-3-2-4-23-9/h2-4,11,13-14,19H,5-7H2,1H3,(H,16,18)(H,20,21). The van der Waals surface area contributed by atoms with Gasteiger partial charge in [-0.2, -0.15) is 0 Å². The van der Waals surface area contributed by atoms with E-state index < -0.39 is 18.2 Å². The fraction of sp³-hybridized carbons (Fsp3) is 0.467. The minimum Gasteiger partial charge on any atom is -0.477 e. The first-order chi connectivity index (χ1) is 11.5. The molecule has 0 spiro atoms. The number of thioether (sulfide) groups is 1. The van der Waals surface area contributed by atoms with Crippen molar-refractivity contribution in [3.8, 4) is 0 Å². The number of carboxylic acids is 1. The zero-order chi connectivity index (χ0) is 17.3. The molecule has 3 rings (SSSR count). The molecule has 1 aromatic rings. The Hall–Kier alpha value is -1.55. The van der Waals surface area contributed by atoms with Gasteiger partial charge in [-0.15, -0.1) is 23.1 Å². The molecular weight excluding hydrogens is 352 g/mol. The number of carboxylic acid groups (broad SMARTS) is 1. The van der Waals surface area contributed by atoms with E-state index in [1.165, 1.54) is 35.1 Å². The van der Waals surface area contributed by atoms with Crippen molar-refractivity contribution in [3.63, 3.8) is 0 Å². The quantitative estimate of drug-likeness (QED) is 0.669. The summed E-state index contributed by atoms with van der Waals surface area (Å²) in [6.45, 7) is 0.208. The van der Waals surface area contributed by atoms with Gasteiger partial charge in [-0.1, -0.05) is 6.07 Å². The Morgan fingerprint density at radius 3 is 2.92 bits per heavy atom. The summed E-state index contributed by atoms with van der Waals surface area (Å²) in [6.07, 6.45) is -0.789. The van der Waals surface area contributed by atoms with Crippen LogP contribution in [0.4, 0.5) is 0 Å². The third-order valence-electron chi connectivity index (χ3n) is 3.97. The number of rotatable bonds is 6. The maximum Gasteiger partial charge on any atom is 0.352 e. The Balaban J connectivity index is 1.68. The molecule has 7 nitrogen and oxygen atoms in total. The largest absolute Gasteiger partial charge is 0.477 e. The lowest BCUT2D eigenvalue weighted by Crippen LogP contribution is -2.73. The lowest BCUT2D eigenvalue weighted by atomic mass is 10.0. The number of hydrogen-bond acceptors (Lipinski definition) is 7. The number of thiophene rings is 1. The van der Waals surface area contributed by atoms with E-state index in [1.54, 1.807) is 0 Å². The van der Waals surface area contributed by atoms with Gasteiger partial charge in [0.25, 0.3) is 0 Å². The molecule has 24 heavy (non-hydrogen) atoms. The van der Waals surface area contributed by atoms with Crippen LogP contribution >= 0.6 is 23.1 Å². The van der Waals surface area contributed by atoms with E-state index in [0.717, 1.165) is 4.88 Å². The van der Waals surface area contributed by atoms with Crippen LogP contribution in [0.5, 0.6) is 0 Å². The molecule has 1 fully saturated rings. The highest BCUT2D eigenvalue weighted by Crippen LogP contribution is 2.42. The second-order valence-electron chi connectivity index (χ2n) is 5.56. The number of nitrogens with zero attached hydrogens (tertiary/aromatic N) is 1. The highest BCUT2D eigenvalue weighted by atomic mass is 32.2. The predicted molar refractivity (Wildman–Crippen MR) is 90.6 cm³/mol. The minimum absolute atomic E-state index is 0.0804. The van der Waals surface area contributed by atoms with E-state index in [2.05, 4.69) is 5.32 Å². The van der Waals surface area contributed by atoms with Crippen molar-refractivity contribution in [2.45, 2.75) is 24.1 Å². The molecule has 2 aliphatic rings. The first-order valence-electron chi connectivity index (χ1n) is 7.37. The number of methoxy groups -OCH3 is 1. The maximum absolute atomic E-state index is 12.1. The summed E-state index contributed by atoms with van der Waals surface area (Å²) >= 11 is 3.00. The van der Waals surface area contributed by atoms with Crippen molar-refractivity contribution in [2.75, 3.05) is 19.5 Å². The van der Waals surface area contributed by atoms with E-state index in [9.17, 15) is 19.8 Å². The molecule has 3 N–H and O–H groups in total. The van der Waals surface area contributed by atoms with E-state index in [4.69, 9.17) is 4.74 Å². The van der Waals surface area contributed by atoms with E-state index in [0.29, 0.717) is 11.3 Å². The van der Waals surface area contributed by atoms with Crippen molar-refractivity contribution in [1.29, 1.82) is 0 Å². The number of amides is 1. The third-order valence-corrected chi connectivity index (χ3v) is 6.23. The first kappa shape index (κ1) is 17.3. The number of aliphatic hydroxyl groups is 1. The van der Waals surface area contributed by atoms with Gasteiger partial charge in [0, 0.05) is 17.7 Å². The van der Waals surface area contributed by atoms with Gasteiger partial charge in [0.05, 0.1) is 13.0 Å². The van der Waals surface area contributed by atoms with Crippen LogP contribution in [-0.4, -0.2) is 64.1 Å². The third kappa shape index (κ3) is 3.16. The van der Waals surface area contributed by atoms with E-state index >= 15 is 0 Å². The van der Waals surface area contributed by atoms with Crippen molar-refractivity contribution >= 4 is 35.0 Å². The van der Waals surface area contributed by atoms with Crippen LogP contribution in [0, 0.1) is 0 Å². The summed E-state index contributed by atoms with van der Waals surface area (Å²) in [5.41, 5.74) is 0.713. The van der Waals surface area contributed by atoms with E-state index in [1.807, 2.05) is 17.5 Å². The molecule has 0 saturated carbocycles. The topological polar surface area (TPSA) is 99.1 Å². The molecule has 2 aliphatic heterocycles.